The third kappa shape index (κ3) is 5.06. The van der Waals surface area contributed by atoms with Crippen molar-refractivity contribution in [3.63, 3.8) is 0 Å². The number of ether oxygens (including phenoxy) is 1. The summed E-state index contributed by atoms with van der Waals surface area (Å²) in [6.07, 6.45) is 0.975. The van der Waals surface area contributed by atoms with E-state index in [4.69, 9.17) is 20.8 Å². The van der Waals surface area contributed by atoms with E-state index in [0.29, 0.717) is 24.4 Å². The average Bonchev–Trinajstić information content (AvgIpc) is 3.43. The van der Waals surface area contributed by atoms with E-state index < -0.39 is 0 Å². The van der Waals surface area contributed by atoms with Gasteiger partial charge in [-0.2, -0.15) is 0 Å². The molecule has 164 valence electrons. The van der Waals surface area contributed by atoms with Gasteiger partial charge in [0.15, 0.2) is 0 Å². The quantitative estimate of drug-likeness (QED) is 0.362. The van der Waals surface area contributed by atoms with Crippen LogP contribution in [0.25, 0.3) is 16.9 Å². The molecule has 4 rings (SSSR count). The van der Waals surface area contributed by atoms with Crippen molar-refractivity contribution in [1.29, 1.82) is 0 Å². The number of hydrogen-bond acceptors (Lipinski definition) is 3. The molecule has 0 unspecified atom stereocenters. The zero-order valence-corrected chi connectivity index (χ0v) is 18.9. The predicted molar refractivity (Wildman–Crippen MR) is 126 cm³/mol. The van der Waals surface area contributed by atoms with Gasteiger partial charge in [0.2, 0.25) is 5.91 Å². The molecule has 0 fully saturated rings. The highest BCUT2D eigenvalue weighted by atomic mass is 35.5. The van der Waals surface area contributed by atoms with Crippen LogP contribution in [0.5, 0.6) is 5.75 Å². The van der Waals surface area contributed by atoms with Crippen LogP contribution in [0.4, 0.5) is 0 Å². The number of furan rings is 1. The number of benzene rings is 2. The van der Waals surface area contributed by atoms with Crippen LogP contribution < -0.4 is 10.1 Å². The minimum Gasteiger partial charge on any atom is -0.497 e. The lowest BCUT2D eigenvalue weighted by atomic mass is 10.1. The van der Waals surface area contributed by atoms with Crippen LogP contribution in [0.1, 0.15) is 23.6 Å². The number of nitrogens with zero attached hydrogens (tertiary/aromatic N) is 1. The third-order valence-electron chi connectivity index (χ3n) is 5.30. The zero-order chi connectivity index (χ0) is 22.5. The fourth-order valence-corrected chi connectivity index (χ4v) is 3.78. The van der Waals surface area contributed by atoms with Crippen molar-refractivity contribution in [2.24, 2.45) is 0 Å². The maximum atomic E-state index is 12.4. The Morgan fingerprint density at radius 1 is 1.00 bits per heavy atom. The molecular formula is C26H25ClN2O3. The summed E-state index contributed by atoms with van der Waals surface area (Å²) < 4.78 is 13.0. The first-order valence-electron chi connectivity index (χ1n) is 10.5. The summed E-state index contributed by atoms with van der Waals surface area (Å²) in [7, 11) is 1.65. The molecule has 4 aromatic rings. The Morgan fingerprint density at radius 2 is 1.75 bits per heavy atom. The smallest absolute Gasteiger partial charge is 0.220 e. The average molecular weight is 449 g/mol. The zero-order valence-electron chi connectivity index (χ0n) is 18.1. The van der Waals surface area contributed by atoms with Gasteiger partial charge in [0, 0.05) is 22.8 Å². The number of carbonyl (C=O) groups is 1. The van der Waals surface area contributed by atoms with Gasteiger partial charge >= 0.3 is 0 Å². The van der Waals surface area contributed by atoms with E-state index in [2.05, 4.69) is 22.0 Å². The highest BCUT2D eigenvalue weighted by Gasteiger charge is 2.14. The van der Waals surface area contributed by atoms with Crippen LogP contribution in [0.2, 0.25) is 5.02 Å². The van der Waals surface area contributed by atoms with Crippen molar-refractivity contribution in [2.45, 2.75) is 26.3 Å². The molecule has 1 N–H and O–H groups in total. The second-order valence-corrected chi connectivity index (χ2v) is 7.98. The molecular weight excluding hydrogens is 424 g/mol. The van der Waals surface area contributed by atoms with E-state index >= 15 is 0 Å². The standard InChI is InChI=1S/C26H25ClN2O3/c1-18-3-12-24(32-18)17-28-26(30)16-11-22-10-15-25(19-4-6-20(27)7-5-19)29(22)21-8-13-23(31-2)14-9-21/h3-10,12-15H,11,16-17H2,1-2H3,(H,28,30). The van der Waals surface area contributed by atoms with Crippen molar-refractivity contribution >= 4 is 17.5 Å². The number of hydrogen-bond donors (Lipinski definition) is 1. The highest BCUT2D eigenvalue weighted by molar-refractivity contribution is 6.30. The fourth-order valence-electron chi connectivity index (χ4n) is 3.65. The highest BCUT2D eigenvalue weighted by Crippen LogP contribution is 2.29. The van der Waals surface area contributed by atoms with E-state index in [0.717, 1.165) is 39.9 Å². The summed E-state index contributed by atoms with van der Waals surface area (Å²) in [6, 6.07) is 23.6. The molecule has 0 bridgehead atoms. The molecule has 5 nitrogen and oxygen atoms in total. The molecule has 0 aliphatic heterocycles. The number of methoxy groups -OCH3 is 1. The van der Waals surface area contributed by atoms with Crippen molar-refractivity contribution in [3.05, 3.63) is 95.0 Å². The van der Waals surface area contributed by atoms with E-state index in [1.165, 1.54) is 0 Å². The van der Waals surface area contributed by atoms with E-state index in [-0.39, 0.29) is 5.91 Å². The molecule has 0 atom stereocenters. The molecule has 2 aromatic heterocycles. The van der Waals surface area contributed by atoms with Gasteiger partial charge in [-0.25, -0.2) is 0 Å². The van der Waals surface area contributed by atoms with Gasteiger partial charge in [-0.05, 0) is 79.6 Å². The fraction of sp³-hybridized carbons (Fsp3) is 0.192. The first kappa shape index (κ1) is 21.8. The van der Waals surface area contributed by atoms with E-state index in [1.807, 2.05) is 67.6 Å². The molecule has 2 heterocycles. The van der Waals surface area contributed by atoms with Gasteiger partial charge in [-0.3, -0.25) is 4.79 Å². The number of amides is 1. The second kappa shape index (κ2) is 9.79. The Labute approximate surface area is 192 Å². The molecule has 32 heavy (non-hydrogen) atoms. The van der Waals surface area contributed by atoms with Crippen LogP contribution in [0, 0.1) is 6.92 Å². The van der Waals surface area contributed by atoms with Crippen LogP contribution in [-0.4, -0.2) is 17.6 Å². The van der Waals surface area contributed by atoms with Crippen molar-refractivity contribution < 1.29 is 13.9 Å². The van der Waals surface area contributed by atoms with Gasteiger partial charge in [0.1, 0.15) is 17.3 Å². The number of rotatable bonds is 8. The summed E-state index contributed by atoms with van der Waals surface area (Å²) >= 11 is 6.08. The number of halogens is 1. The molecule has 0 radical (unpaired) electrons. The first-order chi connectivity index (χ1) is 15.5. The van der Waals surface area contributed by atoms with Crippen molar-refractivity contribution in [3.8, 4) is 22.7 Å². The Kier molecular flexibility index (Phi) is 6.66. The molecule has 1 amide bonds. The molecule has 6 heteroatoms. The molecule has 0 aliphatic carbocycles. The number of nitrogens with one attached hydrogen (secondary N) is 1. The summed E-state index contributed by atoms with van der Waals surface area (Å²) in [4.78, 5) is 12.4. The number of aromatic nitrogens is 1. The van der Waals surface area contributed by atoms with Gasteiger partial charge in [-0.15, -0.1) is 0 Å². The molecule has 0 spiro atoms. The van der Waals surface area contributed by atoms with Crippen molar-refractivity contribution in [2.75, 3.05) is 7.11 Å². The lowest BCUT2D eigenvalue weighted by Crippen LogP contribution is -2.23. The molecule has 0 aliphatic rings. The van der Waals surface area contributed by atoms with Gasteiger partial charge < -0.3 is 19.0 Å². The lowest BCUT2D eigenvalue weighted by molar-refractivity contribution is -0.121. The molecule has 2 aromatic carbocycles. The van der Waals surface area contributed by atoms with Gasteiger partial charge in [0.05, 0.1) is 19.3 Å². The lowest BCUT2D eigenvalue weighted by Gasteiger charge is -2.15. The Balaban J connectivity index is 1.55. The number of aryl methyl sites for hydroxylation is 2. The van der Waals surface area contributed by atoms with Crippen molar-refractivity contribution in [1.82, 2.24) is 9.88 Å². The first-order valence-corrected chi connectivity index (χ1v) is 10.8. The molecule has 0 saturated carbocycles. The van der Waals surface area contributed by atoms with Gasteiger partial charge in [-0.1, -0.05) is 23.7 Å². The third-order valence-corrected chi connectivity index (χ3v) is 5.55. The minimum atomic E-state index is -0.0189. The number of carbonyl (C=O) groups excluding carboxylic acids is 1. The van der Waals surface area contributed by atoms with E-state index in [9.17, 15) is 4.79 Å². The summed E-state index contributed by atoms with van der Waals surface area (Å²) in [5.74, 6) is 2.36. The van der Waals surface area contributed by atoms with Crippen LogP contribution in [0.3, 0.4) is 0 Å². The monoisotopic (exact) mass is 448 g/mol. The Bertz CT molecular complexity index is 1190. The van der Waals surface area contributed by atoms with Crippen LogP contribution >= 0.6 is 11.6 Å². The summed E-state index contributed by atoms with van der Waals surface area (Å²) in [6.45, 7) is 2.28. The largest absolute Gasteiger partial charge is 0.497 e. The second-order valence-electron chi connectivity index (χ2n) is 7.54. The van der Waals surface area contributed by atoms with Crippen LogP contribution in [0.15, 0.2) is 77.2 Å². The Hall–Kier alpha value is -3.44. The van der Waals surface area contributed by atoms with Crippen LogP contribution in [-0.2, 0) is 17.8 Å². The SMILES string of the molecule is COc1ccc(-n2c(CCC(=O)NCc3ccc(C)o3)ccc2-c2ccc(Cl)cc2)cc1. The minimum absolute atomic E-state index is 0.0189. The summed E-state index contributed by atoms with van der Waals surface area (Å²) in [5.41, 5.74) is 4.13. The normalized spacial score (nSPS) is 10.8. The predicted octanol–water partition coefficient (Wildman–Crippen LogP) is 5.96. The maximum absolute atomic E-state index is 12.4. The Morgan fingerprint density at radius 3 is 2.41 bits per heavy atom. The summed E-state index contributed by atoms with van der Waals surface area (Å²) in [5, 5.41) is 3.62. The maximum Gasteiger partial charge on any atom is 0.220 e. The van der Waals surface area contributed by atoms with Gasteiger partial charge in [0.25, 0.3) is 0 Å². The topological polar surface area (TPSA) is 56.4 Å². The molecule has 0 saturated heterocycles. The van der Waals surface area contributed by atoms with E-state index in [1.54, 1.807) is 7.11 Å².